The third kappa shape index (κ3) is 6.75. The van der Waals surface area contributed by atoms with E-state index in [2.05, 4.69) is 15.6 Å². The van der Waals surface area contributed by atoms with Gasteiger partial charge in [0.1, 0.15) is 11.6 Å². The van der Waals surface area contributed by atoms with Gasteiger partial charge < -0.3 is 10.6 Å². The molecule has 0 bridgehead atoms. The Morgan fingerprint density at radius 2 is 2.00 bits per heavy atom. The van der Waals surface area contributed by atoms with Crippen molar-refractivity contribution in [1.29, 1.82) is 0 Å². The van der Waals surface area contributed by atoms with Crippen LogP contribution in [0.3, 0.4) is 0 Å². The maximum absolute atomic E-state index is 13.6. The highest BCUT2D eigenvalue weighted by atomic mass is 127. The summed E-state index contributed by atoms with van der Waals surface area (Å²) in [6.07, 6.45) is 4.18. The van der Waals surface area contributed by atoms with Crippen LogP contribution in [-0.4, -0.2) is 40.8 Å². The molecule has 1 saturated carbocycles. The van der Waals surface area contributed by atoms with Gasteiger partial charge in [-0.3, -0.25) is 9.20 Å². The first-order valence-corrected chi connectivity index (χ1v) is 10.2. The van der Waals surface area contributed by atoms with Gasteiger partial charge in [0, 0.05) is 47.0 Å². The second-order valence-electron chi connectivity index (χ2n) is 6.25. The average Bonchev–Trinajstić information content (AvgIpc) is 2.62. The standard InChI is InChI=1S/C18H27F2N3OS.HI/c1-3-25(24)14-7-4-6-13(12-14)23-18(21-2)22-11-10-15-16(19)8-5-9-17(15)20;/h5,8-9,13-14H,3-4,6-7,10-12H2,1-2H3,(H2,21,22,23);1H. The Balaban J connectivity index is 0.00000338. The lowest BCUT2D eigenvalue weighted by atomic mass is 9.95. The zero-order valence-electron chi connectivity index (χ0n) is 15.3. The third-order valence-electron chi connectivity index (χ3n) is 4.58. The molecule has 1 aromatic rings. The molecule has 26 heavy (non-hydrogen) atoms. The summed E-state index contributed by atoms with van der Waals surface area (Å²) in [5.74, 6) is 0.256. The summed E-state index contributed by atoms with van der Waals surface area (Å²) in [4.78, 5) is 4.18. The molecule has 2 N–H and O–H groups in total. The molecule has 4 nitrogen and oxygen atoms in total. The largest absolute Gasteiger partial charge is 0.356 e. The summed E-state index contributed by atoms with van der Waals surface area (Å²) in [6.45, 7) is 2.34. The highest BCUT2D eigenvalue weighted by molar-refractivity contribution is 14.0. The number of aliphatic imine (C=N–C) groups is 1. The predicted molar refractivity (Wildman–Crippen MR) is 115 cm³/mol. The number of hydrogen-bond donors (Lipinski definition) is 2. The Hall–Kier alpha value is -0.770. The van der Waals surface area contributed by atoms with Crippen molar-refractivity contribution in [1.82, 2.24) is 10.6 Å². The number of guanidine groups is 1. The summed E-state index contributed by atoms with van der Waals surface area (Å²) in [6, 6.07) is 4.12. The van der Waals surface area contributed by atoms with Crippen LogP contribution in [0.2, 0.25) is 0 Å². The van der Waals surface area contributed by atoms with Crippen LogP contribution in [0.4, 0.5) is 8.78 Å². The van der Waals surface area contributed by atoms with Crippen LogP contribution >= 0.6 is 24.0 Å². The number of nitrogens with one attached hydrogen (secondary N) is 2. The van der Waals surface area contributed by atoms with Crippen molar-refractivity contribution in [3.63, 3.8) is 0 Å². The van der Waals surface area contributed by atoms with Crippen molar-refractivity contribution in [2.45, 2.75) is 50.3 Å². The Morgan fingerprint density at radius 3 is 2.62 bits per heavy atom. The van der Waals surface area contributed by atoms with Crippen LogP contribution in [0, 0.1) is 11.6 Å². The molecule has 3 unspecified atom stereocenters. The zero-order valence-corrected chi connectivity index (χ0v) is 18.4. The van der Waals surface area contributed by atoms with Crippen LogP contribution in [0.25, 0.3) is 0 Å². The summed E-state index contributed by atoms with van der Waals surface area (Å²) in [5, 5.41) is 6.69. The van der Waals surface area contributed by atoms with E-state index in [0.717, 1.165) is 25.7 Å². The summed E-state index contributed by atoms with van der Waals surface area (Å²) in [7, 11) is 0.900. The summed E-state index contributed by atoms with van der Waals surface area (Å²) >= 11 is 0. The second-order valence-corrected chi connectivity index (χ2v) is 8.25. The lowest BCUT2D eigenvalue weighted by Gasteiger charge is -2.30. The maximum atomic E-state index is 13.6. The molecule has 8 heteroatoms. The molecule has 1 aliphatic carbocycles. The minimum absolute atomic E-state index is 0. The Labute approximate surface area is 174 Å². The van der Waals surface area contributed by atoms with Crippen molar-refractivity contribution in [2.75, 3.05) is 19.3 Å². The number of halogens is 3. The molecule has 148 valence electrons. The van der Waals surface area contributed by atoms with Crippen LogP contribution in [0.15, 0.2) is 23.2 Å². The average molecular weight is 499 g/mol. The van der Waals surface area contributed by atoms with Crippen molar-refractivity contribution >= 4 is 40.7 Å². The molecule has 0 aromatic heterocycles. The van der Waals surface area contributed by atoms with Crippen LogP contribution in [0.5, 0.6) is 0 Å². The fraction of sp³-hybridized carbons (Fsp3) is 0.611. The van der Waals surface area contributed by atoms with Crippen LogP contribution < -0.4 is 10.6 Å². The number of benzene rings is 1. The van der Waals surface area contributed by atoms with Crippen molar-refractivity contribution in [2.24, 2.45) is 4.99 Å². The van der Waals surface area contributed by atoms with Gasteiger partial charge in [0.2, 0.25) is 0 Å². The number of rotatable bonds is 6. The monoisotopic (exact) mass is 499 g/mol. The van der Waals surface area contributed by atoms with E-state index in [4.69, 9.17) is 0 Å². The fourth-order valence-corrected chi connectivity index (χ4v) is 4.56. The molecule has 1 aliphatic rings. The van der Waals surface area contributed by atoms with Crippen LogP contribution in [-0.2, 0) is 17.2 Å². The van der Waals surface area contributed by atoms with Gasteiger partial charge in [-0.25, -0.2) is 8.78 Å². The molecule has 1 aromatic carbocycles. The van der Waals surface area contributed by atoms with E-state index in [-0.39, 0.29) is 47.3 Å². The first-order valence-electron chi connectivity index (χ1n) is 8.82. The van der Waals surface area contributed by atoms with E-state index in [1.165, 1.54) is 18.2 Å². The fourth-order valence-electron chi connectivity index (χ4n) is 3.22. The van der Waals surface area contributed by atoms with Gasteiger partial charge in [0.05, 0.1) is 0 Å². The third-order valence-corrected chi connectivity index (χ3v) is 6.32. The van der Waals surface area contributed by atoms with Gasteiger partial charge in [-0.15, -0.1) is 24.0 Å². The van der Waals surface area contributed by atoms with Crippen LogP contribution in [0.1, 0.15) is 38.2 Å². The van der Waals surface area contributed by atoms with Crippen molar-refractivity contribution in [3.05, 3.63) is 35.4 Å². The molecule has 1 fully saturated rings. The Kier molecular flexibility index (Phi) is 10.6. The van der Waals surface area contributed by atoms with E-state index in [9.17, 15) is 13.0 Å². The maximum Gasteiger partial charge on any atom is 0.191 e. The molecule has 0 saturated heterocycles. The smallest absolute Gasteiger partial charge is 0.191 e. The lowest BCUT2D eigenvalue weighted by molar-refractivity contribution is 0.413. The van der Waals surface area contributed by atoms with E-state index in [1.807, 2.05) is 6.92 Å². The Bertz CT molecular complexity index is 610. The van der Waals surface area contributed by atoms with Crippen molar-refractivity contribution in [3.8, 4) is 0 Å². The zero-order chi connectivity index (χ0) is 18.2. The SMILES string of the molecule is CCS(=O)C1CCCC(NC(=NC)NCCc2c(F)cccc2F)C1.I. The Morgan fingerprint density at radius 1 is 1.31 bits per heavy atom. The van der Waals surface area contributed by atoms with Crippen molar-refractivity contribution < 1.29 is 13.0 Å². The van der Waals surface area contributed by atoms with E-state index in [1.54, 1.807) is 7.05 Å². The molecule has 0 amide bonds. The molecule has 3 atom stereocenters. The van der Waals surface area contributed by atoms with Gasteiger partial charge in [-0.2, -0.15) is 0 Å². The molecule has 0 spiro atoms. The summed E-state index contributed by atoms with van der Waals surface area (Å²) in [5.41, 5.74) is 0.0847. The highest BCUT2D eigenvalue weighted by Crippen LogP contribution is 2.23. The van der Waals surface area contributed by atoms with Gasteiger partial charge in [0.25, 0.3) is 0 Å². The lowest BCUT2D eigenvalue weighted by Crippen LogP contribution is -2.47. The van der Waals surface area contributed by atoms with Gasteiger partial charge >= 0.3 is 0 Å². The highest BCUT2D eigenvalue weighted by Gasteiger charge is 2.26. The van der Waals surface area contributed by atoms with E-state index in [0.29, 0.717) is 18.3 Å². The molecule has 0 heterocycles. The molecular weight excluding hydrogens is 471 g/mol. The van der Waals surface area contributed by atoms with E-state index >= 15 is 0 Å². The first-order chi connectivity index (χ1) is 12.0. The van der Waals surface area contributed by atoms with E-state index < -0.39 is 22.4 Å². The summed E-state index contributed by atoms with van der Waals surface area (Å²) < 4.78 is 39.3. The molecule has 0 aliphatic heterocycles. The second kappa shape index (κ2) is 11.8. The molecule has 2 rings (SSSR count). The quantitative estimate of drug-likeness (QED) is 0.359. The van der Waals surface area contributed by atoms with Gasteiger partial charge in [0.15, 0.2) is 5.96 Å². The minimum Gasteiger partial charge on any atom is -0.356 e. The van der Waals surface area contributed by atoms with Gasteiger partial charge in [-0.05, 0) is 37.8 Å². The molecular formula is C18H28F2IN3OS. The number of nitrogens with zero attached hydrogens (tertiary/aromatic N) is 1. The first kappa shape index (κ1) is 23.3. The normalized spacial score (nSPS) is 21.6. The van der Waals surface area contributed by atoms with Gasteiger partial charge in [-0.1, -0.05) is 19.4 Å². The minimum atomic E-state index is -0.770. The molecule has 0 radical (unpaired) electrons. The number of hydrogen-bond acceptors (Lipinski definition) is 2. The topological polar surface area (TPSA) is 53.5 Å². The predicted octanol–water partition coefficient (Wildman–Crippen LogP) is 3.37.